The van der Waals surface area contributed by atoms with Gasteiger partial charge in [0.1, 0.15) is 5.58 Å². The molecule has 0 aliphatic heterocycles. The van der Waals surface area contributed by atoms with Crippen molar-refractivity contribution < 1.29 is 4.42 Å². The molecule has 2 heterocycles. The van der Waals surface area contributed by atoms with Crippen molar-refractivity contribution >= 4 is 21.7 Å². The fraction of sp³-hybridized carbons (Fsp3) is 0. The van der Waals surface area contributed by atoms with E-state index in [9.17, 15) is 0 Å². The first kappa shape index (κ1) is 10.3. The summed E-state index contributed by atoms with van der Waals surface area (Å²) in [7, 11) is 0. The quantitative estimate of drug-likeness (QED) is 0.488. The lowest BCUT2D eigenvalue weighted by Crippen LogP contribution is -1.81. The monoisotopic (exact) mass is 245 g/mol. The number of hydrogen-bond acceptors (Lipinski definition) is 2. The van der Waals surface area contributed by atoms with Crippen LogP contribution in [-0.4, -0.2) is 4.98 Å². The van der Waals surface area contributed by atoms with Gasteiger partial charge >= 0.3 is 0 Å². The number of nitrogens with zero attached hydrogens (tertiary/aromatic N) is 1. The molecular weight excluding hydrogens is 234 g/mol. The lowest BCUT2D eigenvalue weighted by molar-refractivity contribution is 0.617. The van der Waals surface area contributed by atoms with Gasteiger partial charge in [0.25, 0.3) is 0 Å². The first-order chi connectivity index (χ1) is 9.43. The molecule has 0 aliphatic rings. The minimum Gasteiger partial charge on any atom is -0.464 e. The normalized spacial score (nSPS) is 11.2. The molecule has 0 unspecified atom stereocenters. The number of benzene rings is 2. The van der Waals surface area contributed by atoms with E-state index >= 15 is 0 Å². The van der Waals surface area contributed by atoms with Gasteiger partial charge in [0.15, 0.2) is 0 Å². The Morgan fingerprint density at radius 2 is 1.74 bits per heavy atom. The number of hydrogen-bond donors (Lipinski definition) is 0. The fourth-order valence-electron chi connectivity index (χ4n) is 2.54. The highest BCUT2D eigenvalue weighted by atomic mass is 16.3. The van der Waals surface area contributed by atoms with Gasteiger partial charge in [0.2, 0.25) is 0 Å². The molecule has 4 rings (SSSR count). The molecule has 19 heavy (non-hydrogen) atoms. The summed E-state index contributed by atoms with van der Waals surface area (Å²) >= 11 is 0. The first-order valence-electron chi connectivity index (χ1n) is 6.23. The van der Waals surface area contributed by atoms with Crippen LogP contribution in [0.1, 0.15) is 0 Å². The van der Waals surface area contributed by atoms with Crippen LogP contribution in [0.5, 0.6) is 0 Å². The molecule has 0 atom stereocenters. The Kier molecular flexibility index (Phi) is 2.15. The van der Waals surface area contributed by atoms with Gasteiger partial charge in [-0.2, -0.15) is 0 Å². The van der Waals surface area contributed by atoms with E-state index in [2.05, 4.69) is 29.2 Å². The summed E-state index contributed by atoms with van der Waals surface area (Å²) in [6, 6.07) is 16.4. The van der Waals surface area contributed by atoms with Crippen molar-refractivity contribution in [1.29, 1.82) is 0 Å². The van der Waals surface area contributed by atoms with Crippen molar-refractivity contribution in [2.75, 3.05) is 0 Å². The van der Waals surface area contributed by atoms with Crippen LogP contribution in [0.3, 0.4) is 0 Å². The van der Waals surface area contributed by atoms with Crippen molar-refractivity contribution in [2.45, 2.75) is 0 Å². The second-order valence-electron chi connectivity index (χ2n) is 4.55. The number of furan rings is 1. The van der Waals surface area contributed by atoms with Gasteiger partial charge in [-0.25, -0.2) is 0 Å². The van der Waals surface area contributed by atoms with Crippen LogP contribution in [0.25, 0.3) is 32.9 Å². The molecule has 2 heteroatoms. The summed E-state index contributed by atoms with van der Waals surface area (Å²) in [5.41, 5.74) is 3.24. The van der Waals surface area contributed by atoms with Crippen LogP contribution < -0.4 is 0 Å². The van der Waals surface area contributed by atoms with E-state index in [0.29, 0.717) is 0 Å². The molecule has 0 bridgehead atoms. The van der Waals surface area contributed by atoms with Gasteiger partial charge < -0.3 is 4.42 Å². The van der Waals surface area contributed by atoms with Gasteiger partial charge in [0.05, 0.1) is 6.26 Å². The maximum absolute atomic E-state index is 5.64. The Bertz CT molecular complexity index is 871. The zero-order valence-electron chi connectivity index (χ0n) is 10.2. The SMILES string of the molecule is c1cc(-c2coc3ccccc23)c2ccncc2c1. The highest BCUT2D eigenvalue weighted by Crippen LogP contribution is 2.34. The highest BCUT2D eigenvalue weighted by Gasteiger charge is 2.10. The molecule has 0 amide bonds. The van der Waals surface area contributed by atoms with Crippen LogP contribution >= 0.6 is 0 Å². The molecule has 0 saturated carbocycles. The molecule has 0 radical (unpaired) electrons. The lowest BCUT2D eigenvalue weighted by Gasteiger charge is -2.04. The van der Waals surface area contributed by atoms with Crippen molar-refractivity contribution in [3.63, 3.8) is 0 Å². The zero-order valence-corrected chi connectivity index (χ0v) is 10.2. The van der Waals surface area contributed by atoms with Gasteiger partial charge in [-0.05, 0) is 23.1 Å². The van der Waals surface area contributed by atoms with Crippen LogP contribution in [0.4, 0.5) is 0 Å². The van der Waals surface area contributed by atoms with Crippen molar-refractivity contribution in [3.05, 3.63) is 67.2 Å². The molecule has 0 aliphatic carbocycles. The van der Waals surface area contributed by atoms with Crippen LogP contribution in [0, 0.1) is 0 Å². The van der Waals surface area contributed by atoms with Crippen molar-refractivity contribution in [1.82, 2.24) is 4.98 Å². The largest absolute Gasteiger partial charge is 0.464 e. The maximum atomic E-state index is 5.64. The molecule has 0 saturated heterocycles. The predicted octanol–water partition coefficient (Wildman–Crippen LogP) is 4.65. The van der Waals surface area contributed by atoms with E-state index in [-0.39, 0.29) is 0 Å². The van der Waals surface area contributed by atoms with E-state index in [0.717, 1.165) is 21.9 Å². The number of rotatable bonds is 1. The average Bonchev–Trinajstić information content (AvgIpc) is 2.90. The van der Waals surface area contributed by atoms with Crippen molar-refractivity contribution in [2.24, 2.45) is 0 Å². The Morgan fingerprint density at radius 1 is 0.789 bits per heavy atom. The van der Waals surface area contributed by atoms with Gasteiger partial charge in [-0.15, -0.1) is 0 Å². The predicted molar refractivity (Wildman–Crippen MR) is 77.0 cm³/mol. The van der Waals surface area contributed by atoms with Crippen LogP contribution in [-0.2, 0) is 0 Å². The third kappa shape index (κ3) is 1.54. The summed E-state index contributed by atoms with van der Waals surface area (Å²) in [5, 5.41) is 3.49. The Labute approximate surface area is 110 Å². The van der Waals surface area contributed by atoms with Crippen LogP contribution in [0.15, 0.2) is 71.6 Å². The average molecular weight is 245 g/mol. The fourth-order valence-corrected chi connectivity index (χ4v) is 2.54. The number of fused-ring (bicyclic) bond motifs is 2. The summed E-state index contributed by atoms with van der Waals surface area (Å²) in [6.07, 6.45) is 5.55. The van der Waals surface area contributed by atoms with Gasteiger partial charge in [-0.1, -0.05) is 36.4 Å². The molecule has 0 fully saturated rings. The van der Waals surface area contributed by atoms with Crippen molar-refractivity contribution in [3.8, 4) is 11.1 Å². The van der Waals surface area contributed by atoms with E-state index in [1.807, 2.05) is 42.9 Å². The number of aromatic nitrogens is 1. The highest BCUT2D eigenvalue weighted by molar-refractivity contribution is 6.03. The Morgan fingerprint density at radius 3 is 2.74 bits per heavy atom. The van der Waals surface area contributed by atoms with E-state index < -0.39 is 0 Å². The zero-order chi connectivity index (χ0) is 12.7. The lowest BCUT2D eigenvalue weighted by atomic mass is 9.99. The van der Waals surface area contributed by atoms with Crippen LogP contribution in [0.2, 0.25) is 0 Å². The first-order valence-corrected chi connectivity index (χ1v) is 6.23. The number of para-hydroxylation sites is 1. The maximum Gasteiger partial charge on any atom is 0.134 e. The van der Waals surface area contributed by atoms with E-state index in [1.54, 1.807) is 0 Å². The molecule has 0 N–H and O–H groups in total. The molecule has 2 aromatic carbocycles. The summed E-state index contributed by atoms with van der Waals surface area (Å²) in [5.74, 6) is 0. The molecule has 4 aromatic rings. The second-order valence-corrected chi connectivity index (χ2v) is 4.55. The molecule has 2 aromatic heterocycles. The summed E-state index contributed by atoms with van der Waals surface area (Å²) < 4.78 is 5.64. The third-order valence-electron chi connectivity index (χ3n) is 3.45. The van der Waals surface area contributed by atoms with E-state index in [4.69, 9.17) is 4.42 Å². The van der Waals surface area contributed by atoms with Gasteiger partial charge in [0, 0.05) is 28.7 Å². The Hall–Kier alpha value is -2.61. The van der Waals surface area contributed by atoms with E-state index in [1.165, 1.54) is 10.9 Å². The second kappa shape index (κ2) is 3.95. The standard InChI is InChI=1S/C17H11NO/c1-2-7-17-15(5-1)16(11-19-17)14-6-3-4-12-10-18-9-8-13(12)14/h1-11H. The molecule has 90 valence electrons. The minimum absolute atomic E-state index is 0.920. The Balaban J connectivity index is 2.10. The van der Waals surface area contributed by atoms with Gasteiger partial charge in [-0.3, -0.25) is 4.98 Å². The summed E-state index contributed by atoms with van der Waals surface area (Å²) in [6.45, 7) is 0. The number of pyridine rings is 1. The molecule has 2 nitrogen and oxygen atoms in total. The third-order valence-corrected chi connectivity index (χ3v) is 3.45. The summed E-state index contributed by atoms with van der Waals surface area (Å²) in [4.78, 5) is 4.17. The molecular formula is C17H11NO. The molecule has 0 spiro atoms. The minimum atomic E-state index is 0.920. The topological polar surface area (TPSA) is 26.0 Å². The smallest absolute Gasteiger partial charge is 0.134 e.